The molecule has 0 radical (unpaired) electrons. The van der Waals surface area contributed by atoms with Crippen molar-refractivity contribution >= 4 is 23.2 Å². The van der Waals surface area contributed by atoms with Crippen LogP contribution in [0.2, 0.25) is 0 Å². The van der Waals surface area contributed by atoms with Gasteiger partial charge in [0.1, 0.15) is 0 Å². The van der Waals surface area contributed by atoms with Crippen LogP contribution in [-0.4, -0.2) is 10.8 Å². The zero-order chi connectivity index (χ0) is 11.0. The highest BCUT2D eigenvalue weighted by Gasteiger charge is 2.10. The fourth-order valence-corrected chi connectivity index (χ4v) is 2.16. The van der Waals surface area contributed by atoms with E-state index in [0.717, 1.165) is 25.2 Å². The Morgan fingerprint density at radius 1 is 0.929 bits per heavy atom. The molecule has 2 unspecified atom stereocenters. The van der Waals surface area contributed by atoms with Gasteiger partial charge in [-0.2, -0.15) is 0 Å². The van der Waals surface area contributed by atoms with Crippen LogP contribution in [0.3, 0.4) is 0 Å². The van der Waals surface area contributed by atoms with Crippen molar-refractivity contribution < 1.29 is 0 Å². The van der Waals surface area contributed by atoms with E-state index in [1.807, 2.05) is 0 Å². The van der Waals surface area contributed by atoms with Crippen LogP contribution < -0.4 is 0 Å². The third-order valence-corrected chi connectivity index (χ3v) is 3.39. The van der Waals surface area contributed by atoms with Crippen LogP contribution in [0.1, 0.15) is 59.3 Å². The van der Waals surface area contributed by atoms with Gasteiger partial charge in [0.25, 0.3) is 0 Å². The molecule has 0 spiro atoms. The summed E-state index contributed by atoms with van der Waals surface area (Å²) < 4.78 is 0. The number of rotatable bonds is 8. The van der Waals surface area contributed by atoms with E-state index in [2.05, 4.69) is 20.8 Å². The summed E-state index contributed by atoms with van der Waals surface area (Å²) in [5.41, 5.74) is 0. The first kappa shape index (κ1) is 14.6. The van der Waals surface area contributed by atoms with Crippen LogP contribution in [0.15, 0.2) is 0 Å². The standard InChI is InChI=1S/C12H24Cl2/c1-4-11(13)9-12(14)8-6-5-7-10(2)3/h10-12H,4-9H2,1-3H3. The molecule has 86 valence electrons. The highest BCUT2D eigenvalue weighted by atomic mass is 35.5. The number of hydrogen-bond donors (Lipinski definition) is 0. The lowest BCUT2D eigenvalue weighted by Crippen LogP contribution is -2.07. The van der Waals surface area contributed by atoms with Crippen molar-refractivity contribution in [3.63, 3.8) is 0 Å². The van der Waals surface area contributed by atoms with E-state index < -0.39 is 0 Å². The molecule has 0 aliphatic rings. The van der Waals surface area contributed by atoms with Gasteiger partial charge in [-0.1, -0.05) is 40.0 Å². The minimum absolute atomic E-state index is 0.266. The van der Waals surface area contributed by atoms with E-state index >= 15 is 0 Å². The monoisotopic (exact) mass is 238 g/mol. The molecular weight excluding hydrogens is 215 g/mol. The summed E-state index contributed by atoms with van der Waals surface area (Å²) in [6.45, 7) is 6.65. The van der Waals surface area contributed by atoms with Crippen molar-refractivity contribution in [3.05, 3.63) is 0 Å². The average molecular weight is 239 g/mol. The van der Waals surface area contributed by atoms with Gasteiger partial charge in [0.05, 0.1) is 0 Å². The summed E-state index contributed by atoms with van der Waals surface area (Å²) in [5, 5.41) is 0.548. The highest BCUT2D eigenvalue weighted by molar-refractivity contribution is 6.23. The van der Waals surface area contributed by atoms with Crippen LogP contribution in [0, 0.1) is 5.92 Å². The Kier molecular flexibility index (Phi) is 9.22. The number of alkyl halides is 2. The summed E-state index contributed by atoms with van der Waals surface area (Å²) in [5.74, 6) is 0.820. The maximum atomic E-state index is 6.19. The molecule has 2 atom stereocenters. The molecule has 0 aliphatic heterocycles. The van der Waals surface area contributed by atoms with E-state index in [0.29, 0.717) is 0 Å². The lowest BCUT2D eigenvalue weighted by atomic mass is 10.0. The third kappa shape index (κ3) is 9.15. The molecule has 0 amide bonds. The fourth-order valence-electron chi connectivity index (χ4n) is 1.48. The zero-order valence-electron chi connectivity index (χ0n) is 9.73. The maximum Gasteiger partial charge on any atom is 0.0350 e. The molecule has 14 heavy (non-hydrogen) atoms. The largest absolute Gasteiger partial charge is 0.123 e. The second-order valence-electron chi connectivity index (χ2n) is 4.52. The van der Waals surface area contributed by atoms with Gasteiger partial charge in [0.2, 0.25) is 0 Å². The van der Waals surface area contributed by atoms with Gasteiger partial charge in [-0.15, -0.1) is 23.2 Å². The maximum absolute atomic E-state index is 6.19. The minimum Gasteiger partial charge on any atom is -0.123 e. The van der Waals surface area contributed by atoms with Gasteiger partial charge >= 0.3 is 0 Å². The van der Waals surface area contributed by atoms with E-state index in [-0.39, 0.29) is 10.8 Å². The van der Waals surface area contributed by atoms with Crippen molar-refractivity contribution in [2.24, 2.45) is 5.92 Å². The second-order valence-corrected chi connectivity index (χ2v) is 5.75. The number of halogens is 2. The Morgan fingerprint density at radius 2 is 1.50 bits per heavy atom. The summed E-state index contributed by atoms with van der Waals surface area (Å²) in [7, 11) is 0. The van der Waals surface area contributed by atoms with E-state index in [1.54, 1.807) is 0 Å². The molecule has 0 saturated carbocycles. The molecule has 0 nitrogen and oxygen atoms in total. The molecule has 0 aliphatic carbocycles. The molecule has 2 heteroatoms. The average Bonchev–Trinajstić information content (AvgIpc) is 2.12. The van der Waals surface area contributed by atoms with Crippen LogP contribution >= 0.6 is 23.2 Å². The van der Waals surface area contributed by atoms with Crippen LogP contribution in [0.4, 0.5) is 0 Å². The van der Waals surface area contributed by atoms with E-state index in [4.69, 9.17) is 23.2 Å². The molecule has 0 aromatic heterocycles. The first-order valence-corrected chi connectivity index (χ1v) is 6.71. The van der Waals surface area contributed by atoms with Gasteiger partial charge in [-0.25, -0.2) is 0 Å². The molecule has 0 N–H and O–H groups in total. The molecule has 0 bridgehead atoms. The lowest BCUT2D eigenvalue weighted by molar-refractivity contribution is 0.514. The summed E-state index contributed by atoms with van der Waals surface area (Å²) in [4.78, 5) is 0. The Bertz CT molecular complexity index is 123. The van der Waals surface area contributed by atoms with Gasteiger partial charge in [-0.3, -0.25) is 0 Å². The van der Waals surface area contributed by atoms with Gasteiger partial charge in [-0.05, 0) is 25.2 Å². The Labute approximate surface area is 99.4 Å². The van der Waals surface area contributed by atoms with Crippen molar-refractivity contribution in [1.29, 1.82) is 0 Å². The molecule has 0 saturated heterocycles. The predicted octanol–water partition coefficient (Wildman–Crippen LogP) is 5.22. The zero-order valence-corrected chi connectivity index (χ0v) is 11.2. The van der Waals surface area contributed by atoms with Crippen molar-refractivity contribution in [2.75, 3.05) is 0 Å². The predicted molar refractivity (Wildman–Crippen MR) is 67.5 cm³/mol. The molecule has 0 rings (SSSR count). The van der Waals surface area contributed by atoms with Gasteiger partial charge in [0, 0.05) is 10.8 Å². The smallest absolute Gasteiger partial charge is 0.0350 e. The Morgan fingerprint density at radius 3 is 2.00 bits per heavy atom. The van der Waals surface area contributed by atoms with Crippen molar-refractivity contribution in [3.8, 4) is 0 Å². The fraction of sp³-hybridized carbons (Fsp3) is 1.00. The van der Waals surface area contributed by atoms with Crippen molar-refractivity contribution in [2.45, 2.75) is 70.1 Å². The lowest BCUT2D eigenvalue weighted by Gasteiger charge is -2.12. The van der Waals surface area contributed by atoms with Crippen molar-refractivity contribution in [1.82, 2.24) is 0 Å². The van der Waals surface area contributed by atoms with Gasteiger partial charge < -0.3 is 0 Å². The molecular formula is C12H24Cl2. The first-order chi connectivity index (χ1) is 6.56. The first-order valence-electron chi connectivity index (χ1n) is 5.84. The molecule has 0 aromatic carbocycles. The minimum atomic E-state index is 0.266. The Balaban J connectivity index is 3.30. The Hall–Kier alpha value is 0.580. The summed E-state index contributed by atoms with van der Waals surface area (Å²) in [6, 6.07) is 0. The van der Waals surface area contributed by atoms with Gasteiger partial charge in [0.15, 0.2) is 0 Å². The number of unbranched alkanes of at least 4 members (excludes halogenated alkanes) is 1. The molecule has 0 aromatic rings. The molecule has 0 fully saturated rings. The summed E-state index contributed by atoms with van der Waals surface area (Å²) in [6.07, 6.45) is 6.98. The van der Waals surface area contributed by atoms with E-state index in [1.165, 1.54) is 19.3 Å². The topological polar surface area (TPSA) is 0 Å². The molecule has 0 heterocycles. The van der Waals surface area contributed by atoms with Crippen LogP contribution in [-0.2, 0) is 0 Å². The van der Waals surface area contributed by atoms with E-state index in [9.17, 15) is 0 Å². The summed E-state index contributed by atoms with van der Waals surface area (Å²) >= 11 is 12.2. The van der Waals surface area contributed by atoms with Crippen LogP contribution in [0.25, 0.3) is 0 Å². The second kappa shape index (κ2) is 8.85. The highest BCUT2D eigenvalue weighted by Crippen LogP contribution is 2.19. The van der Waals surface area contributed by atoms with Crippen LogP contribution in [0.5, 0.6) is 0 Å². The normalized spacial score (nSPS) is 15.9. The SMILES string of the molecule is CCC(Cl)CC(Cl)CCCCC(C)C. The quantitative estimate of drug-likeness (QED) is 0.402. The third-order valence-electron chi connectivity index (χ3n) is 2.50. The number of hydrogen-bond acceptors (Lipinski definition) is 0.